The lowest BCUT2D eigenvalue weighted by Crippen LogP contribution is -2.47. The van der Waals surface area contributed by atoms with Crippen LogP contribution in [0.4, 0.5) is 0 Å². The summed E-state index contributed by atoms with van der Waals surface area (Å²) in [5, 5.41) is 0. The van der Waals surface area contributed by atoms with Crippen molar-refractivity contribution in [3.63, 3.8) is 0 Å². The summed E-state index contributed by atoms with van der Waals surface area (Å²) in [6.45, 7) is 0.660. The van der Waals surface area contributed by atoms with E-state index < -0.39 is 8.80 Å². The number of hydrogen-bond donors (Lipinski definition) is 1. The molecule has 0 radical (unpaired) electrons. The van der Waals surface area contributed by atoms with E-state index in [4.69, 9.17) is 23.7 Å². The molecule has 2 rings (SSSR count). The minimum atomic E-state index is -2.51. The Kier molecular flexibility index (Phi) is 4.79. The molecule has 106 valence electrons. The molecule has 1 saturated heterocycles. The minimum Gasteiger partial charge on any atom is -0.377 e. The Labute approximate surface area is 110 Å². The number of rotatable bonds is 7. The Balaban J connectivity index is 1.94. The van der Waals surface area contributed by atoms with Gasteiger partial charge in [-0.05, 0) is 37.6 Å². The minimum absolute atomic E-state index is 0.404. The number of epoxide rings is 1. The van der Waals surface area contributed by atoms with Gasteiger partial charge in [-0.15, -0.1) is 0 Å². The maximum absolute atomic E-state index is 5.95. The van der Waals surface area contributed by atoms with Gasteiger partial charge in [0.05, 0.1) is 12.2 Å². The van der Waals surface area contributed by atoms with Crippen molar-refractivity contribution in [3.05, 3.63) is 0 Å². The zero-order valence-electron chi connectivity index (χ0n) is 11.6. The van der Waals surface area contributed by atoms with E-state index in [1.807, 2.05) is 0 Å². The lowest BCUT2D eigenvalue weighted by Gasteiger charge is -2.33. The standard InChI is InChI=1S/C12H25NO4Si/c1-14-18(15-2,16-3)8-10(7-13)9-4-5-11-12(6-9)17-11/h9-12H,4-8,13H2,1-3H3. The highest BCUT2D eigenvalue weighted by Gasteiger charge is 2.48. The summed E-state index contributed by atoms with van der Waals surface area (Å²) in [7, 11) is 2.47. The maximum atomic E-state index is 5.95. The van der Waals surface area contributed by atoms with Crippen LogP contribution in [-0.2, 0) is 18.0 Å². The molecular formula is C12H25NO4Si. The van der Waals surface area contributed by atoms with Gasteiger partial charge in [0.15, 0.2) is 0 Å². The molecule has 4 unspecified atom stereocenters. The molecule has 2 aliphatic rings. The fraction of sp³-hybridized carbons (Fsp3) is 1.00. The van der Waals surface area contributed by atoms with Crippen LogP contribution in [0.3, 0.4) is 0 Å². The molecule has 2 N–H and O–H groups in total. The Morgan fingerprint density at radius 3 is 2.33 bits per heavy atom. The Morgan fingerprint density at radius 2 is 1.83 bits per heavy atom. The predicted molar refractivity (Wildman–Crippen MR) is 70.1 cm³/mol. The van der Waals surface area contributed by atoms with Crippen molar-refractivity contribution >= 4 is 8.80 Å². The molecule has 0 aromatic carbocycles. The number of hydrogen-bond acceptors (Lipinski definition) is 5. The lowest BCUT2D eigenvalue weighted by atomic mass is 9.81. The molecule has 18 heavy (non-hydrogen) atoms. The van der Waals surface area contributed by atoms with E-state index >= 15 is 0 Å². The first-order valence-electron chi connectivity index (χ1n) is 6.69. The topological polar surface area (TPSA) is 66.2 Å². The van der Waals surface area contributed by atoms with E-state index in [0.717, 1.165) is 12.5 Å². The second kappa shape index (κ2) is 5.98. The van der Waals surface area contributed by atoms with Crippen LogP contribution in [0.1, 0.15) is 19.3 Å². The van der Waals surface area contributed by atoms with E-state index in [-0.39, 0.29) is 0 Å². The normalized spacial score (nSPS) is 33.0. The number of ether oxygens (including phenoxy) is 1. The molecular weight excluding hydrogens is 250 g/mol. The van der Waals surface area contributed by atoms with Gasteiger partial charge in [0.1, 0.15) is 0 Å². The fourth-order valence-corrected chi connectivity index (χ4v) is 5.27. The van der Waals surface area contributed by atoms with Gasteiger partial charge in [-0.25, -0.2) is 0 Å². The Bertz CT molecular complexity index is 267. The first-order valence-corrected chi connectivity index (χ1v) is 8.62. The van der Waals surface area contributed by atoms with Gasteiger partial charge in [0.2, 0.25) is 0 Å². The predicted octanol–water partition coefficient (Wildman–Crippen LogP) is 1.01. The average Bonchev–Trinajstić information content (AvgIpc) is 3.19. The highest BCUT2D eigenvalue weighted by molar-refractivity contribution is 6.60. The fourth-order valence-electron chi connectivity index (χ4n) is 3.13. The summed E-state index contributed by atoms with van der Waals surface area (Å²) in [5.41, 5.74) is 5.95. The third kappa shape index (κ3) is 2.95. The molecule has 1 aliphatic carbocycles. The highest BCUT2D eigenvalue weighted by Crippen LogP contribution is 2.43. The third-order valence-electron chi connectivity index (χ3n) is 4.46. The van der Waals surface area contributed by atoms with E-state index in [0.29, 0.717) is 30.6 Å². The zero-order valence-corrected chi connectivity index (χ0v) is 12.6. The molecule has 5 nitrogen and oxygen atoms in total. The molecule has 4 atom stereocenters. The van der Waals surface area contributed by atoms with Crippen LogP contribution >= 0.6 is 0 Å². The van der Waals surface area contributed by atoms with Crippen LogP contribution in [0.2, 0.25) is 6.04 Å². The van der Waals surface area contributed by atoms with Crippen LogP contribution in [-0.4, -0.2) is 48.9 Å². The van der Waals surface area contributed by atoms with Crippen molar-refractivity contribution in [2.75, 3.05) is 27.9 Å². The number of nitrogens with two attached hydrogens (primary N) is 1. The van der Waals surface area contributed by atoms with Crippen molar-refractivity contribution in [1.82, 2.24) is 0 Å². The molecule has 1 saturated carbocycles. The van der Waals surface area contributed by atoms with Gasteiger partial charge < -0.3 is 23.7 Å². The summed E-state index contributed by atoms with van der Waals surface area (Å²) in [5.74, 6) is 1.02. The molecule has 0 bridgehead atoms. The first-order chi connectivity index (χ1) is 8.68. The molecule has 1 aliphatic heterocycles. The van der Waals surface area contributed by atoms with Crippen molar-refractivity contribution in [2.45, 2.75) is 37.5 Å². The summed E-state index contributed by atoms with van der Waals surface area (Å²) >= 11 is 0. The number of fused-ring (bicyclic) bond motifs is 1. The molecule has 0 aromatic rings. The summed E-state index contributed by atoms with van der Waals surface area (Å²) in [6.07, 6.45) is 4.53. The smallest absolute Gasteiger partial charge is 0.377 e. The molecule has 0 amide bonds. The van der Waals surface area contributed by atoms with Crippen LogP contribution in [0, 0.1) is 11.8 Å². The van der Waals surface area contributed by atoms with E-state index in [1.54, 1.807) is 21.3 Å². The van der Waals surface area contributed by atoms with Gasteiger partial charge in [0.25, 0.3) is 0 Å². The molecule has 1 heterocycles. The van der Waals surface area contributed by atoms with Gasteiger partial charge in [-0.3, -0.25) is 0 Å². The summed E-state index contributed by atoms with van der Waals surface area (Å²) in [6, 6.07) is 0.801. The third-order valence-corrected chi connectivity index (χ3v) is 7.35. The van der Waals surface area contributed by atoms with Crippen LogP contribution in [0.5, 0.6) is 0 Å². The van der Waals surface area contributed by atoms with Crippen molar-refractivity contribution in [3.8, 4) is 0 Å². The van der Waals surface area contributed by atoms with Gasteiger partial charge in [0, 0.05) is 27.4 Å². The zero-order chi connectivity index (χ0) is 13.2. The average molecular weight is 275 g/mol. The monoisotopic (exact) mass is 275 g/mol. The van der Waals surface area contributed by atoms with Gasteiger partial charge in [-0.2, -0.15) is 0 Å². The largest absolute Gasteiger partial charge is 0.500 e. The Hall–Kier alpha value is 0.0169. The van der Waals surface area contributed by atoms with Crippen LogP contribution < -0.4 is 5.73 Å². The van der Waals surface area contributed by atoms with Crippen molar-refractivity contribution < 1.29 is 18.0 Å². The second-order valence-corrected chi connectivity index (χ2v) is 8.28. The summed E-state index contributed by atoms with van der Waals surface area (Å²) < 4.78 is 22.1. The van der Waals surface area contributed by atoms with Gasteiger partial charge >= 0.3 is 8.80 Å². The van der Waals surface area contributed by atoms with E-state index in [2.05, 4.69) is 0 Å². The van der Waals surface area contributed by atoms with Crippen molar-refractivity contribution in [1.29, 1.82) is 0 Å². The van der Waals surface area contributed by atoms with E-state index in [9.17, 15) is 0 Å². The quantitative estimate of drug-likeness (QED) is 0.555. The summed E-state index contributed by atoms with van der Waals surface area (Å²) in [4.78, 5) is 0. The van der Waals surface area contributed by atoms with Gasteiger partial charge in [-0.1, -0.05) is 0 Å². The Morgan fingerprint density at radius 1 is 1.17 bits per heavy atom. The van der Waals surface area contributed by atoms with E-state index in [1.165, 1.54) is 12.8 Å². The first kappa shape index (κ1) is 14.4. The van der Waals surface area contributed by atoms with Crippen molar-refractivity contribution in [2.24, 2.45) is 17.6 Å². The molecule has 6 heteroatoms. The van der Waals surface area contributed by atoms with Crippen LogP contribution in [0.25, 0.3) is 0 Å². The lowest BCUT2D eigenvalue weighted by molar-refractivity contribution is 0.111. The molecule has 0 aromatic heterocycles. The maximum Gasteiger partial charge on any atom is 0.500 e. The van der Waals surface area contributed by atoms with Crippen LogP contribution in [0.15, 0.2) is 0 Å². The molecule has 0 spiro atoms. The SMILES string of the molecule is CO[Si](CC(CN)C1CCC2OC2C1)(OC)OC. The molecule has 2 fully saturated rings. The second-order valence-electron chi connectivity index (χ2n) is 5.28. The highest BCUT2D eigenvalue weighted by atomic mass is 28.4.